The van der Waals surface area contributed by atoms with E-state index < -0.39 is 6.10 Å². The summed E-state index contributed by atoms with van der Waals surface area (Å²) in [6.07, 6.45) is 0.816. The van der Waals surface area contributed by atoms with Crippen molar-refractivity contribution in [3.05, 3.63) is 47.0 Å². The van der Waals surface area contributed by atoms with Gasteiger partial charge in [-0.3, -0.25) is 0 Å². The Balaban J connectivity index is 2.71. The Morgan fingerprint density at radius 1 is 1.43 bits per heavy atom. The predicted molar refractivity (Wildman–Crippen MR) is 58.8 cm³/mol. The van der Waals surface area contributed by atoms with Gasteiger partial charge in [-0.15, -0.1) is 0 Å². The van der Waals surface area contributed by atoms with Crippen molar-refractivity contribution in [1.82, 2.24) is 0 Å². The molecule has 0 heterocycles. The number of halogens is 1. The molecule has 1 nitrogen and oxygen atoms in total. The Bertz CT molecular complexity index is 366. The summed E-state index contributed by atoms with van der Waals surface area (Å²) in [5, 5.41) is 10.2. The smallest absolute Gasteiger partial charge is 0.140 e. The normalized spacial score (nSPS) is 12.9. The van der Waals surface area contributed by atoms with Crippen LogP contribution in [-0.4, -0.2) is 5.11 Å². The lowest BCUT2D eigenvalue weighted by Crippen LogP contribution is -1.91. The summed E-state index contributed by atoms with van der Waals surface area (Å²) in [6.45, 7) is 1.74. The predicted octanol–water partition coefficient (Wildman–Crippen LogP) is 2.87. The molecule has 72 valence electrons. The first-order chi connectivity index (χ1) is 6.70. The van der Waals surface area contributed by atoms with Crippen molar-refractivity contribution in [2.24, 2.45) is 0 Å². The average Bonchev–Trinajstić information content (AvgIpc) is 2.18. The highest BCUT2D eigenvalue weighted by Gasteiger charge is 1.99. The third-order valence-electron chi connectivity index (χ3n) is 1.61. The van der Waals surface area contributed by atoms with Gasteiger partial charge in [0.15, 0.2) is 0 Å². The number of aliphatic hydroxyl groups is 1. The quantitative estimate of drug-likeness (QED) is 0.701. The fourth-order valence-corrected chi connectivity index (χ4v) is 0.993. The lowest BCUT2D eigenvalue weighted by Gasteiger charge is -2.01. The van der Waals surface area contributed by atoms with Crippen LogP contribution in [0.15, 0.2) is 41.4 Å². The zero-order valence-electron chi connectivity index (χ0n) is 7.87. The number of hydrogen-bond acceptors (Lipinski definition) is 1. The molecule has 0 aliphatic rings. The van der Waals surface area contributed by atoms with Gasteiger partial charge in [0.1, 0.15) is 6.10 Å². The topological polar surface area (TPSA) is 20.2 Å². The highest BCUT2D eigenvalue weighted by atomic mass is 35.5. The van der Waals surface area contributed by atoms with Crippen molar-refractivity contribution in [3.8, 4) is 11.8 Å². The molecule has 1 rings (SSSR count). The largest absolute Gasteiger partial charge is 0.376 e. The molecule has 0 saturated heterocycles. The molecule has 2 heteroatoms. The van der Waals surface area contributed by atoms with Gasteiger partial charge in [0.2, 0.25) is 0 Å². The number of benzene rings is 1. The maximum Gasteiger partial charge on any atom is 0.140 e. The van der Waals surface area contributed by atoms with E-state index in [-0.39, 0.29) is 0 Å². The molecular weight excluding hydrogens is 196 g/mol. The van der Waals surface area contributed by atoms with Crippen molar-refractivity contribution in [2.45, 2.75) is 13.0 Å². The van der Waals surface area contributed by atoms with E-state index in [1.54, 1.807) is 13.0 Å². The third-order valence-corrected chi connectivity index (χ3v) is 1.72. The lowest BCUT2D eigenvalue weighted by atomic mass is 10.1. The molecular formula is C12H11ClO. The van der Waals surface area contributed by atoms with E-state index in [0.717, 1.165) is 5.56 Å². The number of rotatable bonds is 1. The molecule has 1 aromatic carbocycles. The molecule has 0 aliphatic heterocycles. The summed E-state index contributed by atoms with van der Waals surface area (Å²) in [7, 11) is 0. The van der Waals surface area contributed by atoms with E-state index in [1.807, 2.05) is 30.3 Å². The van der Waals surface area contributed by atoms with Gasteiger partial charge in [0, 0.05) is 11.1 Å². The second kappa shape index (κ2) is 5.49. The summed E-state index contributed by atoms with van der Waals surface area (Å²) in [5.41, 5.74) is 0.792. The Hall–Kier alpha value is -1.23. The van der Waals surface area contributed by atoms with Gasteiger partial charge in [0.25, 0.3) is 0 Å². The maximum atomic E-state index is 9.59. The highest BCUT2D eigenvalue weighted by molar-refractivity contribution is 6.29. The summed E-state index contributed by atoms with van der Waals surface area (Å²) < 4.78 is 0. The van der Waals surface area contributed by atoms with E-state index in [0.29, 0.717) is 5.03 Å². The van der Waals surface area contributed by atoms with Crippen LogP contribution in [0.4, 0.5) is 0 Å². The molecule has 0 aliphatic carbocycles. The standard InChI is InChI=1S/C12H11ClO/c1-10(13)6-5-9-12(14)11-7-3-2-4-8-11/h2-4,6-8,12,14H,1H3/b10-6+. The van der Waals surface area contributed by atoms with Crippen LogP contribution in [0.1, 0.15) is 18.6 Å². The molecule has 1 aromatic rings. The molecule has 1 N–H and O–H groups in total. The first-order valence-electron chi connectivity index (χ1n) is 4.26. The Morgan fingerprint density at radius 3 is 2.64 bits per heavy atom. The minimum atomic E-state index is -0.747. The second-order valence-corrected chi connectivity index (χ2v) is 3.43. The molecule has 0 radical (unpaired) electrons. The SMILES string of the molecule is C/C(Cl)=C\C#CC(O)c1ccccc1. The average molecular weight is 207 g/mol. The third kappa shape index (κ3) is 3.66. The fraction of sp³-hybridized carbons (Fsp3) is 0.167. The van der Waals surface area contributed by atoms with Crippen LogP contribution >= 0.6 is 11.6 Å². The minimum absolute atomic E-state index is 0.609. The van der Waals surface area contributed by atoms with Crippen molar-refractivity contribution in [3.63, 3.8) is 0 Å². The van der Waals surface area contributed by atoms with Gasteiger partial charge in [-0.1, -0.05) is 53.8 Å². The highest BCUT2D eigenvalue weighted by Crippen LogP contribution is 2.10. The molecule has 14 heavy (non-hydrogen) atoms. The Kier molecular flexibility index (Phi) is 4.25. The molecule has 0 fully saturated rings. The van der Waals surface area contributed by atoms with Crippen LogP contribution in [0.5, 0.6) is 0 Å². The monoisotopic (exact) mass is 206 g/mol. The van der Waals surface area contributed by atoms with Gasteiger partial charge >= 0.3 is 0 Å². The van der Waals surface area contributed by atoms with E-state index >= 15 is 0 Å². The Labute approximate surface area is 89.0 Å². The maximum absolute atomic E-state index is 9.59. The van der Waals surface area contributed by atoms with Crippen LogP contribution < -0.4 is 0 Å². The van der Waals surface area contributed by atoms with Gasteiger partial charge in [-0.2, -0.15) is 0 Å². The van der Waals surface area contributed by atoms with Gasteiger partial charge in [-0.25, -0.2) is 0 Å². The number of allylic oxidation sites excluding steroid dienone is 2. The molecule has 0 bridgehead atoms. The number of hydrogen-bond donors (Lipinski definition) is 1. The molecule has 0 amide bonds. The van der Waals surface area contributed by atoms with Gasteiger partial charge in [-0.05, 0) is 12.5 Å². The molecule has 1 atom stereocenters. The van der Waals surface area contributed by atoms with Crippen LogP contribution in [0, 0.1) is 11.8 Å². The molecule has 0 spiro atoms. The van der Waals surface area contributed by atoms with Crippen LogP contribution in [0.25, 0.3) is 0 Å². The van der Waals surface area contributed by atoms with E-state index in [2.05, 4.69) is 11.8 Å². The summed E-state index contributed by atoms with van der Waals surface area (Å²) in [5.74, 6) is 5.36. The molecule has 0 aromatic heterocycles. The van der Waals surface area contributed by atoms with Crippen molar-refractivity contribution in [1.29, 1.82) is 0 Å². The van der Waals surface area contributed by atoms with Crippen LogP contribution in [0.2, 0.25) is 0 Å². The fourth-order valence-electron chi connectivity index (χ4n) is 0.939. The van der Waals surface area contributed by atoms with Gasteiger partial charge in [0.05, 0.1) is 0 Å². The Morgan fingerprint density at radius 2 is 2.07 bits per heavy atom. The first-order valence-corrected chi connectivity index (χ1v) is 4.64. The van der Waals surface area contributed by atoms with E-state index in [9.17, 15) is 5.11 Å². The summed E-state index contributed by atoms with van der Waals surface area (Å²) >= 11 is 5.58. The van der Waals surface area contributed by atoms with Crippen LogP contribution in [0.3, 0.4) is 0 Å². The van der Waals surface area contributed by atoms with Crippen molar-refractivity contribution in [2.75, 3.05) is 0 Å². The molecule has 1 unspecified atom stereocenters. The zero-order valence-corrected chi connectivity index (χ0v) is 8.62. The van der Waals surface area contributed by atoms with Gasteiger partial charge < -0.3 is 5.11 Å². The summed E-state index contributed by atoms with van der Waals surface area (Å²) in [4.78, 5) is 0. The van der Waals surface area contributed by atoms with E-state index in [4.69, 9.17) is 11.6 Å². The second-order valence-electron chi connectivity index (χ2n) is 2.83. The van der Waals surface area contributed by atoms with Crippen molar-refractivity contribution < 1.29 is 5.11 Å². The van der Waals surface area contributed by atoms with Crippen molar-refractivity contribution >= 4 is 11.6 Å². The van der Waals surface area contributed by atoms with E-state index in [1.165, 1.54) is 0 Å². The van der Waals surface area contributed by atoms with Crippen LogP contribution in [-0.2, 0) is 0 Å². The zero-order chi connectivity index (χ0) is 10.4. The molecule has 0 saturated carbocycles. The summed E-state index contributed by atoms with van der Waals surface area (Å²) in [6, 6.07) is 9.28. The lowest BCUT2D eigenvalue weighted by molar-refractivity contribution is 0.238. The first kappa shape index (κ1) is 10.8. The number of aliphatic hydroxyl groups excluding tert-OH is 1. The minimum Gasteiger partial charge on any atom is -0.376 e.